The van der Waals surface area contributed by atoms with Crippen molar-refractivity contribution in [3.8, 4) is 6.07 Å². The molecule has 1 fully saturated rings. The van der Waals surface area contributed by atoms with E-state index >= 15 is 0 Å². The number of hydrogen-bond acceptors (Lipinski definition) is 8. The molecule has 10 nitrogen and oxygen atoms in total. The predicted octanol–water partition coefficient (Wildman–Crippen LogP) is 3.68. The van der Waals surface area contributed by atoms with E-state index in [1.165, 1.54) is 17.0 Å². The third kappa shape index (κ3) is 5.82. The lowest BCUT2D eigenvalue weighted by molar-refractivity contribution is 0.447. The summed E-state index contributed by atoms with van der Waals surface area (Å²) >= 11 is 0. The Hall–Kier alpha value is -4.14. The first-order valence-corrected chi connectivity index (χ1v) is 14.7. The van der Waals surface area contributed by atoms with Crippen LogP contribution >= 0.6 is 0 Å². The topological polar surface area (TPSA) is 119 Å². The van der Waals surface area contributed by atoms with Gasteiger partial charge in [-0.3, -0.25) is 4.31 Å². The number of anilines is 4. The number of hydrogen-bond donors (Lipinski definition) is 2. The second-order valence-electron chi connectivity index (χ2n) is 9.78. The molecule has 0 spiro atoms. The summed E-state index contributed by atoms with van der Waals surface area (Å²) in [6, 6.07) is 17.9. The maximum Gasteiger partial charge on any atom is 0.232 e. The Morgan fingerprint density at radius 3 is 2.72 bits per heavy atom. The van der Waals surface area contributed by atoms with Gasteiger partial charge in [0, 0.05) is 61.9 Å². The lowest BCUT2D eigenvalue weighted by Crippen LogP contribution is -2.50. The minimum Gasteiger partial charge on any atom is -0.369 e. The predicted molar refractivity (Wildman–Crippen MR) is 155 cm³/mol. The Kier molecular flexibility index (Phi) is 7.41. The lowest BCUT2D eigenvalue weighted by Gasteiger charge is -2.35. The Morgan fingerprint density at radius 2 is 2.00 bits per heavy atom. The quantitative estimate of drug-likeness (QED) is 0.345. The molecular formula is C28H32N8O2S. The summed E-state index contributed by atoms with van der Waals surface area (Å²) in [5.41, 5.74) is 4.41. The first kappa shape index (κ1) is 26.5. The number of sulfonamides is 1. The van der Waals surface area contributed by atoms with Crippen LogP contribution in [0.3, 0.4) is 0 Å². The molecule has 0 aliphatic carbocycles. The van der Waals surface area contributed by atoms with Crippen LogP contribution in [-0.2, 0) is 16.6 Å². The molecule has 1 aliphatic rings. The molecule has 1 atom stereocenters. The molecule has 2 aromatic heterocycles. The maximum atomic E-state index is 12.3. The van der Waals surface area contributed by atoms with Gasteiger partial charge >= 0.3 is 0 Å². The molecule has 0 saturated carbocycles. The van der Waals surface area contributed by atoms with Gasteiger partial charge in [-0.1, -0.05) is 13.0 Å². The van der Waals surface area contributed by atoms with Gasteiger partial charge in [0.15, 0.2) is 0 Å². The molecule has 1 aliphatic heterocycles. The van der Waals surface area contributed by atoms with E-state index in [1.54, 1.807) is 24.4 Å². The number of piperazine rings is 1. The summed E-state index contributed by atoms with van der Waals surface area (Å²) in [5.74, 6) is 0.469. The summed E-state index contributed by atoms with van der Waals surface area (Å²) in [5, 5.41) is 17.1. The second-order valence-corrected chi connectivity index (χ2v) is 11.8. The fourth-order valence-corrected chi connectivity index (χ4v) is 5.33. The second kappa shape index (κ2) is 10.9. The zero-order valence-electron chi connectivity index (χ0n) is 22.3. The smallest absolute Gasteiger partial charge is 0.232 e. The van der Waals surface area contributed by atoms with Gasteiger partial charge in [-0.2, -0.15) is 10.2 Å². The highest BCUT2D eigenvalue weighted by molar-refractivity contribution is 7.92. The normalized spacial score (nSPS) is 15.7. The zero-order valence-corrected chi connectivity index (χ0v) is 23.1. The van der Waals surface area contributed by atoms with Crippen LogP contribution in [0.15, 0.2) is 60.9 Å². The standard InChI is InChI=1S/C28H32N8O2S/c1-4-23-19-35(14-12-30-23)25-9-7-24(8-10-25)32-28-31-17-21-11-13-36(27(21)33-28)18-22-6-5-20(16-29)15-26(22)34(2)39(3,37)38/h5-11,13,15,17,23,30H,4,12,14,18-19H2,1-3H3,(H,31,32,33). The van der Waals surface area contributed by atoms with E-state index < -0.39 is 10.0 Å². The summed E-state index contributed by atoms with van der Waals surface area (Å²) in [4.78, 5) is 11.6. The average molecular weight is 545 g/mol. The molecule has 2 aromatic carbocycles. The van der Waals surface area contributed by atoms with E-state index in [-0.39, 0.29) is 0 Å². The van der Waals surface area contributed by atoms with Crippen LogP contribution in [-0.4, -0.2) is 61.9 Å². The van der Waals surface area contributed by atoms with Crippen molar-refractivity contribution in [2.75, 3.05) is 47.5 Å². The molecule has 2 N–H and O–H groups in total. The molecule has 3 heterocycles. The van der Waals surface area contributed by atoms with Crippen LogP contribution in [0.5, 0.6) is 0 Å². The number of fused-ring (bicyclic) bond motifs is 1. The fourth-order valence-electron chi connectivity index (χ4n) is 4.80. The molecule has 1 unspecified atom stereocenters. The first-order chi connectivity index (χ1) is 18.7. The number of rotatable bonds is 8. The van der Waals surface area contributed by atoms with Crippen molar-refractivity contribution in [3.05, 3.63) is 72.1 Å². The van der Waals surface area contributed by atoms with Crippen LogP contribution in [0.25, 0.3) is 11.0 Å². The van der Waals surface area contributed by atoms with Crippen LogP contribution in [0.1, 0.15) is 24.5 Å². The third-order valence-corrected chi connectivity index (χ3v) is 8.32. The van der Waals surface area contributed by atoms with E-state index in [4.69, 9.17) is 4.98 Å². The van der Waals surface area contributed by atoms with Crippen LogP contribution in [0.2, 0.25) is 0 Å². The van der Waals surface area contributed by atoms with Crippen molar-refractivity contribution in [1.29, 1.82) is 5.26 Å². The van der Waals surface area contributed by atoms with E-state index in [0.29, 0.717) is 35.4 Å². The number of nitriles is 1. The first-order valence-electron chi connectivity index (χ1n) is 12.9. The lowest BCUT2D eigenvalue weighted by atomic mass is 10.1. The molecular weight excluding hydrogens is 512 g/mol. The Bertz CT molecular complexity index is 1630. The van der Waals surface area contributed by atoms with Crippen molar-refractivity contribution in [3.63, 3.8) is 0 Å². The van der Waals surface area contributed by atoms with Crippen LogP contribution < -0.4 is 19.8 Å². The summed E-state index contributed by atoms with van der Waals surface area (Å²) < 4.78 is 27.7. The summed E-state index contributed by atoms with van der Waals surface area (Å²) in [7, 11) is -2.02. The van der Waals surface area contributed by atoms with Gasteiger partial charge in [0.1, 0.15) is 5.65 Å². The van der Waals surface area contributed by atoms with Crippen LogP contribution in [0, 0.1) is 11.3 Å². The van der Waals surface area contributed by atoms with Gasteiger partial charge in [0.25, 0.3) is 0 Å². The van der Waals surface area contributed by atoms with E-state index in [1.807, 2.05) is 29.0 Å². The third-order valence-electron chi connectivity index (χ3n) is 7.13. The van der Waals surface area contributed by atoms with Gasteiger partial charge < -0.3 is 20.1 Å². The van der Waals surface area contributed by atoms with Crippen molar-refractivity contribution in [2.24, 2.45) is 0 Å². The number of nitrogens with zero attached hydrogens (tertiary/aromatic N) is 6. The molecule has 5 rings (SSSR count). The monoisotopic (exact) mass is 544 g/mol. The molecule has 1 saturated heterocycles. The summed E-state index contributed by atoms with van der Waals surface area (Å²) in [6.07, 6.45) is 5.92. The Morgan fingerprint density at radius 1 is 1.21 bits per heavy atom. The minimum absolute atomic E-state index is 0.374. The van der Waals surface area contributed by atoms with Crippen molar-refractivity contribution >= 4 is 44.1 Å². The minimum atomic E-state index is -3.51. The largest absolute Gasteiger partial charge is 0.369 e. The fraction of sp³-hybridized carbons (Fsp3) is 0.321. The number of nitrogens with one attached hydrogen (secondary N) is 2. The van der Waals surface area contributed by atoms with Crippen molar-refractivity contribution in [1.82, 2.24) is 19.9 Å². The van der Waals surface area contributed by atoms with E-state index in [9.17, 15) is 13.7 Å². The molecule has 0 amide bonds. The molecule has 0 radical (unpaired) electrons. The van der Waals surface area contributed by atoms with Gasteiger partial charge in [0.05, 0.1) is 30.1 Å². The van der Waals surface area contributed by atoms with Gasteiger partial charge in [-0.15, -0.1) is 0 Å². The maximum absolute atomic E-state index is 12.3. The zero-order chi connectivity index (χ0) is 27.6. The van der Waals surface area contributed by atoms with Crippen molar-refractivity contribution in [2.45, 2.75) is 25.9 Å². The van der Waals surface area contributed by atoms with Gasteiger partial charge in [0.2, 0.25) is 16.0 Å². The molecule has 0 bridgehead atoms. The van der Waals surface area contributed by atoms with Gasteiger partial charge in [-0.05, 0) is 54.4 Å². The Balaban J connectivity index is 1.37. The summed E-state index contributed by atoms with van der Waals surface area (Å²) in [6.45, 7) is 5.56. The molecule has 4 aromatic rings. The SMILES string of the molecule is CCC1CN(c2ccc(Nc3ncc4ccn(Cc5ccc(C#N)cc5N(C)S(C)(=O)=O)c4n3)cc2)CCN1. The molecule has 39 heavy (non-hydrogen) atoms. The Labute approximate surface area is 229 Å². The highest BCUT2D eigenvalue weighted by Crippen LogP contribution is 2.27. The molecule has 11 heteroatoms. The number of aromatic nitrogens is 3. The average Bonchev–Trinajstić information content (AvgIpc) is 3.34. The van der Waals surface area contributed by atoms with Crippen LogP contribution in [0.4, 0.5) is 23.0 Å². The van der Waals surface area contributed by atoms with Gasteiger partial charge in [-0.25, -0.2) is 13.4 Å². The van der Waals surface area contributed by atoms with E-state index in [0.717, 1.165) is 48.9 Å². The highest BCUT2D eigenvalue weighted by Gasteiger charge is 2.19. The number of benzene rings is 2. The van der Waals surface area contributed by atoms with E-state index in [2.05, 4.69) is 45.6 Å². The molecule has 202 valence electrons. The highest BCUT2D eigenvalue weighted by atomic mass is 32.2. The van der Waals surface area contributed by atoms with Crippen molar-refractivity contribution < 1.29 is 8.42 Å².